The van der Waals surface area contributed by atoms with E-state index < -0.39 is 11.4 Å². The Kier molecular flexibility index (Phi) is 3.85. The third kappa shape index (κ3) is 3.12. The zero-order valence-electron chi connectivity index (χ0n) is 10.8. The summed E-state index contributed by atoms with van der Waals surface area (Å²) in [5.74, 6) is -1.08. The van der Waals surface area contributed by atoms with Crippen molar-refractivity contribution in [3.05, 3.63) is 35.4 Å². The molecule has 0 saturated heterocycles. The summed E-state index contributed by atoms with van der Waals surface area (Å²) in [6.45, 7) is 0.635. The summed E-state index contributed by atoms with van der Waals surface area (Å²) in [7, 11) is 1.59. The lowest BCUT2D eigenvalue weighted by atomic mass is 10.1. The van der Waals surface area contributed by atoms with Crippen molar-refractivity contribution in [1.29, 1.82) is 0 Å². The molecule has 0 radical (unpaired) electrons. The number of aliphatic carboxylic acids is 1. The van der Waals surface area contributed by atoms with Gasteiger partial charge in [-0.3, -0.25) is 9.59 Å². The monoisotopic (exact) mass is 263 g/mol. The van der Waals surface area contributed by atoms with Crippen molar-refractivity contribution in [2.24, 2.45) is 5.41 Å². The molecule has 102 valence electrons. The lowest BCUT2D eigenvalue weighted by Gasteiger charge is -2.11. The van der Waals surface area contributed by atoms with E-state index in [-0.39, 0.29) is 12.5 Å². The predicted octanol–water partition coefficient (Wildman–Crippen LogP) is 1.43. The summed E-state index contributed by atoms with van der Waals surface area (Å²) >= 11 is 0. The van der Waals surface area contributed by atoms with E-state index in [0.717, 1.165) is 5.56 Å². The maximum Gasteiger partial charge on any atom is 0.311 e. The molecule has 1 fully saturated rings. The minimum absolute atomic E-state index is 0.190. The average Bonchev–Trinajstić information content (AvgIpc) is 3.18. The SMILES string of the molecule is COCc1cccc(C(=O)NCC2(C(=O)O)CC2)c1. The van der Waals surface area contributed by atoms with E-state index in [9.17, 15) is 9.59 Å². The van der Waals surface area contributed by atoms with Gasteiger partial charge >= 0.3 is 5.97 Å². The topological polar surface area (TPSA) is 75.6 Å². The highest BCUT2D eigenvalue weighted by Crippen LogP contribution is 2.45. The van der Waals surface area contributed by atoms with Crippen molar-refractivity contribution in [3.8, 4) is 0 Å². The molecule has 1 aromatic carbocycles. The number of nitrogens with one attached hydrogen (secondary N) is 1. The summed E-state index contributed by atoms with van der Waals surface area (Å²) in [6, 6.07) is 7.11. The summed E-state index contributed by atoms with van der Waals surface area (Å²) < 4.78 is 5.01. The van der Waals surface area contributed by atoms with E-state index in [1.165, 1.54) is 0 Å². The zero-order chi connectivity index (χ0) is 13.9. The maximum atomic E-state index is 12.0. The number of hydrogen-bond acceptors (Lipinski definition) is 3. The molecule has 2 N–H and O–H groups in total. The first kappa shape index (κ1) is 13.5. The Morgan fingerprint density at radius 2 is 2.16 bits per heavy atom. The van der Waals surface area contributed by atoms with E-state index in [1.54, 1.807) is 25.3 Å². The first-order valence-corrected chi connectivity index (χ1v) is 6.17. The van der Waals surface area contributed by atoms with Gasteiger partial charge in [-0.2, -0.15) is 0 Å². The Hall–Kier alpha value is -1.88. The average molecular weight is 263 g/mol. The van der Waals surface area contributed by atoms with Crippen molar-refractivity contribution in [3.63, 3.8) is 0 Å². The lowest BCUT2D eigenvalue weighted by molar-refractivity contribution is -0.143. The van der Waals surface area contributed by atoms with Gasteiger partial charge in [0.25, 0.3) is 5.91 Å². The van der Waals surface area contributed by atoms with Crippen LogP contribution in [0.4, 0.5) is 0 Å². The Balaban J connectivity index is 1.96. The van der Waals surface area contributed by atoms with E-state index in [1.807, 2.05) is 6.07 Å². The molecule has 0 aromatic heterocycles. The van der Waals surface area contributed by atoms with Gasteiger partial charge in [-0.1, -0.05) is 12.1 Å². The van der Waals surface area contributed by atoms with Gasteiger partial charge in [0.15, 0.2) is 0 Å². The van der Waals surface area contributed by atoms with Gasteiger partial charge in [-0.25, -0.2) is 0 Å². The Labute approximate surface area is 111 Å². The molecule has 5 heteroatoms. The molecule has 0 heterocycles. The fourth-order valence-corrected chi connectivity index (χ4v) is 1.94. The molecule has 0 bridgehead atoms. The van der Waals surface area contributed by atoms with Crippen molar-refractivity contribution in [1.82, 2.24) is 5.32 Å². The van der Waals surface area contributed by atoms with Crippen molar-refractivity contribution >= 4 is 11.9 Å². The normalized spacial score (nSPS) is 15.8. The number of hydrogen-bond donors (Lipinski definition) is 2. The largest absolute Gasteiger partial charge is 0.481 e. The molecule has 1 saturated carbocycles. The van der Waals surface area contributed by atoms with Crippen LogP contribution in [0.2, 0.25) is 0 Å². The minimum Gasteiger partial charge on any atom is -0.481 e. The molecule has 0 atom stereocenters. The van der Waals surface area contributed by atoms with Gasteiger partial charge < -0.3 is 15.2 Å². The minimum atomic E-state index is -0.832. The molecule has 1 aromatic rings. The predicted molar refractivity (Wildman–Crippen MR) is 68.8 cm³/mol. The van der Waals surface area contributed by atoms with Crippen LogP contribution in [0.25, 0.3) is 0 Å². The van der Waals surface area contributed by atoms with Gasteiger partial charge in [0.2, 0.25) is 0 Å². The number of carbonyl (C=O) groups excluding carboxylic acids is 1. The third-order valence-corrected chi connectivity index (χ3v) is 3.39. The van der Waals surface area contributed by atoms with Gasteiger partial charge in [0.1, 0.15) is 0 Å². The van der Waals surface area contributed by atoms with Crippen LogP contribution in [0.1, 0.15) is 28.8 Å². The highest BCUT2D eigenvalue weighted by molar-refractivity contribution is 5.94. The molecule has 1 aliphatic carbocycles. The van der Waals surface area contributed by atoms with Crippen LogP contribution in [0, 0.1) is 5.41 Å². The number of benzene rings is 1. The number of amides is 1. The number of carbonyl (C=O) groups is 2. The molecule has 0 unspecified atom stereocenters. The van der Waals surface area contributed by atoms with Gasteiger partial charge in [0.05, 0.1) is 12.0 Å². The molecular formula is C14H17NO4. The maximum absolute atomic E-state index is 12.0. The van der Waals surface area contributed by atoms with E-state index in [4.69, 9.17) is 9.84 Å². The summed E-state index contributed by atoms with van der Waals surface area (Å²) in [4.78, 5) is 23.0. The van der Waals surface area contributed by atoms with E-state index >= 15 is 0 Å². The number of carboxylic acids is 1. The highest BCUT2D eigenvalue weighted by atomic mass is 16.5. The molecule has 5 nitrogen and oxygen atoms in total. The molecule has 1 aliphatic rings. The quantitative estimate of drug-likeness (QED) is 0.814. The van der Waals surface area contributed by atoms with Crippen molar-refractivity contribution < 1.29 is 19.4 Å². The van der Waals surface area contributed by atoms with Crippen LogP contribution < -0.4 is 5.32 Å². The van der Waals surface area contributed by atoms with Crippen LogP contribution in [-0.2, 0) is 16.1 Å². The molecular weight excluding hydrogens is 246 g/mol. The fourth-order valence-electron chi connectivity index (χ4n) is 1.94. The highest BCUT2D eigenvalue weighted by Gasteiger charge is 2.50. The Morgan fingerprint density at radius 3 is 2.74 bits per heavy atom. The van der Waals surface area contributed by atoms with Crippen molar-refractivity contribution in [2.45, 2.75) is 19.4 Å². The third-order valence-electron chi connectivity index (χ3n) is 3.39. The molecule has 2 rings (SSSR count). The Morgan fingerprint density at radius 1 is 1.42 bits per heavy atom. The lowest BCUT2D eigenvalue weighted by Crippen LogP contribution is -2.34. The Bertz CT molecular complexity index is 494. The molecule has 0 aliphatic heterocycles. The van der Waals surface area contributed by atoms with Crippen LogP contribution >= 0.6 is 0 Å². The first-order chi connectivity index (χ1) is 9.07. The fraction of sp³-hybridized carbons (Fsp3) is 0.429. The van der Waals surface area contributed by atoms with Crippen LogP contribution in [0.3, 0.4) is 0 Å². The second kappa shape index (κ2) is 5.40. The van der Waals surface area contributed by atoms with Crippen LogP contribution in [-0.4, -0.2) is 30.6 Å². The van der Waals surface area contributed by atoms with Crippen molar-refractivity contribution in [2.75, 3.05) is 13.7 Å². The van der Waals surface area contributed by atoms with Gasteiger partial charge in [-0.15, -0.1) is 0 Å². The molecule has 19 heavy (non-hydrogen) atoms. The van der Waals surface area contributed by atoms with Gasteiger partial charge in [0, 0.05) is 19.2 Å². The smallest absolute Gasteiger partial charge is 0.311 e. The van der Waals surface area contributed by atoms with Crippen LogP contribution in [0.15, 0.2) is 24.3 Å². The number of ether oxygens (including phenoxy) is 1. The standard InChI is InChI=1S/C14H17NO4/c1-19-8-10-3-2-4-11(7-10)12(16)15-9-14(5-6-14)13(17)18/h2-4,7H,5-6,8-9H2,1H3,(H,15,16)(H,17,18). The summed E-state index contributed by atoms with van der Waals surface area (Å²) in [6.07, 6.45) is 1.26. The number of carboxylic acid groups (broad SMARTS) is 1. The summed E-state index contributed by atoms with van der Waals surface area (Å²) in [5, 5.41) is 11.7. The van der Waals surface area contributed by atoms with E-state index in [2.05, 4.69) is 5.32 Å². The van der Waals surface area contributed by atoms with E-state index in [0.29, 0.717) is 25.0 Å². The second-order valence-corrected chi connectivity index (χ2v) is 4.90. The first-order valence-electron chi connectivity index (χ1n) is 6.17. The van der Waals surface area contributed by atoms with Crippen LogP contribution in [0.5, 0.6) is 0 Å². The number of rotatable bonds is 6. The second-order valence-electron chi connectivity index (χ2n) is 4.90. The molecule has 0 spiro atoms. The molecule has 1 amide bonds. The van der Waals surface area contributed by atoms with Gasteiger partial charge in [-0.05, 0) is 30.5 Å². The number of methoxy groups -OCH3 is 1. The zero-order valence-corrected chi connectivity index (χ0v) is 10.8. The summed E-state index contributed by atoms with van der Waals surface area (Å²) in [5.41, 5.74) is 0.699.